The molecule has 0 amide bonds. The number of benzene rings is 1. The maximum atomic E-state index is 11.7. The quantitative estimate of drug-likeness (QED) is 0.918. The van der Waals surface area contributed by atoms with Crippen molar-refractivity contribution in [2.24, 2.45) is 5.73 Å². The predicted molar refractivity (Wildman–Crippen MR) is 82.4 cm³/mol. The number of hydrogen-bond donors (Lipinski definition) is 1. The molecule has 2 rings (SSSR count). The first-order chi connectivity index (χ1) is 9.30. The van der Waals surface area contributed by atoms with E-state index >= 15 is 0 Å². The molecule has 0 spiro atoms. The molecule has 0 bridgehead atoms. The van der Waals surface area contributed by atoms with Crippen molar-refractivity contribution >= 4 is 9.84 Å². The number of nitrogens with two attached hydrogens (primary N) is 1. The van der Waals surface area contributed by atoms with E-state index in [1.165, 1.54) is 11.1 Å². The van der Waals surface area contributed by atoms with E-state index in [0.29, 0.717) is 6.54 Å². The SMILES string of the molecule is Cc1cccc(C(C(C)N)N2CCS(=O)(=O)CC2C)c1. The molecule has 20 heavy (non-hydrogen) atoms. The molecule has 0 aliphatic carbocycles. The van der Waals surface area contributed by atoms with Crippen molar-refractivity contribution in [1.82, 2.24) is 4.90 Å². The van der Waals surface area contributed by atoms with Gasteiger partial charge in [0, 0.05) is 24.7 Å². The van der Waals surface area contributed by atoms with Crippen LogP contribution >= 0.6 is 0 Å². The second-order valence-corrected chi connectivity index (χ2v) is 8.15. The molecule has 1 aromatic rings. The molecule has 4 nitrogen and oxygen atoms in total. The molecule has 0 aromatic heterocycles. The van der Waals surface area contributed by atoms with Gasteiger partial charge in [0.1, 0.15) is 0 Å². The van der Waals surface area contributed by atoms with E-state index in [2.05, 4.69) is 30.0 Å². The van der Waals surface area contributed by atoms with Gasteiger partial charge in [-0.1, -0.05) is 29.8 Å². The number of rotatable bonds is 3. The van der Waals surface area contributed by atoms with Crippen LogP contribution in [0.5, 0.6) is 0 Å². The molecule has 1 aromatic carbocycles. The highest BCUT2D eigenvalue weighted by atomic mass is 32.2. The lowest BCUT2D eigenvalue weighted by molar-refractivity contribution is 0.140. The maximum absolute atomic E-state index is 11.7. The van der Waals surface area contributed by atoms with E-state index in [-0.39, 0.29) is 29.6 Å². The third-order valence-electron chi connectivity index (χ3n) is 3.96. The predicted octanol–water partition coefficient (Wildman–Crippen LogP) is 1.50. The Morgan fingerprint density at radius 2 is 2.10 bits per heavy atom. The van der Waals surface area contributed by atoms with Gasteiger partial charge in [0.15, 0.2) is 9.84 Å². The normalized spacial score (nSPS) is 26.1. The smallest absolute Gasteiger partial charge is 0.153 e. The van der Waals surface area contributed by atoms with E-state index in [4.69, 9.17) is 5.73 Å². The molecular weight excluding hydrogens is 272 g/mol. The summed E-state index contributed by atoms with van der Waals surface area (Å²) in [6.07, 6.45) is 0. The molecule has 1 aliphatic heterocycles. The third kappa shape index (κ3) is 3.40. The fourth-order valence-corrected chi connectivity index (χ4v) is 4.66. The zero-order valence-electron chi connectivity index (χ0n) is 12.4. The Morgan fingerprint density at radius 1 is 1.40 bits per heavy atom. The molecule has 1 fully saturated rings. The van der Waals surface area contributed by atoms with Gasteiger partial charge in [-0.25, -0.2) is 8.42 Å². The van der Waals surface area contributed by atoms with Gasteiger partial charge in [0.2, 0.25) is 0 Å². The van der Waals surface area contributed by atoms with Crippen LogP contribution in [0.3, 0.4) is 0 Å². The van der Waals surface area contributed by atoms with Crippen LogP contribution in [-0.2, 0) is 9.84 Å². The zero-order chi connectivity index (χ0) is 14.9. The fourth-order valence-electron chi connectivity index (χ4n) is 3.08. The van der Waals surface area contributed by atoms with E-state index in [9.17, 15) is 8.42 Å². The Kier molecular flexibility index (Phi) is 4.52. The summed E-state index contributed by atoms with van der Waals surface area (Å²) in [6.45, 7) is 6.58. The second kappa shape index (κ2) is 5.84. The standard InChI is InChI=1S/C15H24N2O2S/c1-11-5-4-6-14(9-11)15(13(3)16)17-7-8-20(18,19)10-12(17)2/h4-6,9,12-13,15H,7-8,10,16H2,1-3H3. The molecule has 1 aliphatic rings. The van der Waals surface area contributed by atoms with Crippen molar-refractivity contribution in [3.8, 4) is 0 Å². The van der Waals surface area contributed by atoms with Crippen LogP contribution in [-0.4, -0.2) is 43.5 Å². The Morgan fingerprint density at radius 3 is 2.65 bits per heavy atom. The van der Waals surface area contributed by atoms with Gasteiger partial charge >= 0.3 is 0 Å². The zero-order valence-corrected chi connectivity index (χ0v) is 13.2. The lowest BCUT2D eigenvalue weighted by atomic mass is 9.96. The molecule has 112 valence electrons. The monoisotopic (exact) mass is 296 g/mol. The Bertz CT molecular complexity index is 569. The van der Waals surface area contributed by atoms with E-state index in [1.54, 1.807) is 0 Å². The van der Waals surface area contributed by atoms with Crippen molar-refractivity contribution in [2.75, 3.05) is 18.1 Å². The fraction of sp³-hybridized carbons (Fsp3) is 0.600. The van der Waals surface area contributed by atoms with E-state index in [0.717, 1.165) is 0 Å². The van der Waals surface area contributed by atoms with Gasteiger partial charge in [-0.05, 0) is 26.3 Å². The summed E-state index contributed by atoms with van der Waals surface area (Å²) in [4.78, 5) is 2.24. The minimum Gasteiger partial charge on any atom is -0.326 e. The molecule has 5 heteroatoms. The van der Waals surface area contributed by atoms with Gasteiger partial charge < -0.3 is 5.73 Å². The number of sulfone groups is 1. The largest absolute Gasteiger partial charge is 0.326 e. The number of hydrogen-bond acceptors (Lipinski definition) is 4. The molecule has 3 unspecified atom stereocenters. The molecular formula is C15H24N2O2S. The number of aryl methyl sites for hydroxylation is 1. The minimum absolute atomic E-state index is 0.00487. The van der Waals surface area contributed by atoms with Crippen LogP contribution < -0.4 is 5.73 Å². The Hall–Kier alpha value is -0.910. The lowest BCUT2D eigenvalue weighted by Crippen LogP contribution is -2.52. The summed E-state index contributed by atoms with van der Waals surface area (Å²) in [5, 5.41) is 0. The van der Waals surface area contributed by atoms with Crippen molar-refractivity contribution in [1.29, 1.82) is 0 Å². The van der Waals surface area contributed by atoms with Crippen LogP contribution in [0.25, 0.3) is 0 Å². The van der Waals surface area contributed by atoms with E-state index in [1.807, 2.05) is 19.9 Å². The van der Waals surface area contributed by atoms with Gasteiger partial charge in [-0.2, -0.15) is 0 Å². The summed E-state index contributed by atoms with van der Waals surface area (Å²) < 4.78 is 23.5. The van der Waals surface area contributed by atoms with Gasteiger partial charge in [0.25, 0.3) is 0 Å². The summed E-state index contributed by atoms with van der Waals surface area (Å²) >= 11 is 0. The summed E-state index contributed by atoms with van der Waals surface area (Å²) in [7, 11) is -2.90. The van der Waals surface area contributed by atoms with Gasteiger partial charge in [0.05, 0.1) is 11.5 Å². The average molecular weight is 296 g/mol. The van der Waals surface area contributed by atoms with Crippen molar-refractivity contribution in [3.63, 3.8) is 0 Å². The first kappa shape index (κ1) is 15.5. The highest BCUT2D eigenvalue weighted by molar-refractivity contribution is 7.91. The van der Waals surface area contributed by atoms with Crippen LogP contribution in [0.2, 0.25) is 0 Å². The highest BCUT2D eigenvalue weighted by Gasteiger charge is 2.34. The van der Waals surface area contributed by atoms with Crippen LogP contribution in [0.4, 0.5) is 0 Å². The van der Waals surface area contributed by atoms with Crippen LogP contribution in [0, 0.1) is 6.92 Å². The molecule has 1 saturated heterocycles. The van der Waals surface area contributed by atoms with Crippen molar-refractivity contribution < 1.29 is 8.42 Å². The summed E-state index contributed by atoms with van der Waals surface area (Å²) in [5.41, 5.74) is 8.56. The van der Waals surface area contributed by atoms with Crippen molar-refractivity contribution in [2.45, 2.75) is 38.9 Å². The van der Waals surface area contributed by atoms with Crippen molar-refractivity contribution in [3.05, 3.63) is 35.4 Å². The van der Waals surface area contributed by atoms with Gasteiger partial charge in [-0.3, -0.25) is 4.90 Å². The molecule has 0 saturated carbocycles. The molecule has 2 N–H and O–H groups in total. The van der Waals surface area contributed by atoms with Crippen LogP contribution in [0.1, 0.15) is 31.0 Å². The minimum atomic E-state index is -2.90. The molecule has 0 radical (unpaired) electrons. The topological polar surface area (TPSA) is 63.4 Å². The molecule has 1 heterocycles. The van der Waals surface area contributed by atoms with Crippen LogP contribution in [0.15, 0.2) is 24.3 Å². The highest BCUT2D eigenvalue weighted by Crippen LogP contribution is 2.28. The lowest BCUT2D eigenvalue weighted by Gasteiger charge is -2.41. The summed E-state index contributed by atoms with van der Waals surface area (Å²) in [6, 6.07) is 8.35. The Balaban J connectivity index is 2.30. The average Bonchev–Trinajstić information content (AvgIpc) is 2.31. The maximum Gasteiger partial charge on any atom is 0.153 e. The number of nitrogens with zero attached hydrogens (tertiary/aromatic N) is 1. The molecule has 3 atom stereocenters. The second-order valence-electron chi connectivity index (χ2n) is 5.92. The first-order valence-corrected chi connectivity index (χ1v) is 8.90. The third-order valence-corrected chi connectivity index (χ3v) is 5.76. The first-order valence-electron chi connectivity index (χ1n) is 7.08. The summed E-state index contributed by atoms with van der Waals surface area (Å²) in [5.74, 6) is 0.453. The van der Waals surface area contributed by atoms with Gasteiger partial charge in [-0.15, -0.1) is 0 Å². The Labute approximate surface area is 121 Å². The van der Waals surface area contributed by atoms with E-state index < -0.39 is 9.84 Å².